The van der Waals surface area contributed by atoms with Crippen molar-refractivity contribution in [3.63, 3.8) is 0 Å². The summed E-state index contributed by atoms with van der Waals surface area (Å²) in [5, 5.41) is 0. The zero-order chi connectivity index (χ0) is 14.6. The smallest absolute Gasteiger partial charge is 0.240 e. The Morgan fingerprint density at radius 3 is 2.75 bits per heavy atom. The van der Waals surface area contributed by atoms with Crippen molar-refractivity contribution in [3.05, 3.63) is 48.3 Å². The number of nitrogens with zero attached hydrogens (tertiary/aromatic N) is 1. The van der Waals surface area contributed by atoms with E-state index in [-0.39, 0.29) is 17.1 Å². The van der Waals surface area contributed by atoms with E-state index < -0.39 is 10.0 Å². The van der Waals surface area contributed by atoms with E-state index in [2.05, 4.69) is 9.71 Å². The number of benzene rings is 1. The molecule has 106 valence electrons. The Bertz CT molecular complexity index is 687. The van der Waals surface area contributed by atoms with Crippen molar-refractivity contribution in [2.45, 2.75) is 11.4 Å². The van der Waals surface area contributed by atoms with Gasteiger partial charge in [0.2, 0.25) is 10.0 Å². The Morgan fingerprint density at radius 1 is 1.35 bits per heavy atom. The maximum atomic E-state index is 12.1. The van der Waals surface area contributed by atoms with E-state index in [9.17, 15) is 8.42 Å². The van der Waals surface area contributed by atoms with Gasteiger partial charge in [-0.15, -0.1) is 0 Å². The Hall–Kier alpha value is -2.12. The van der Waals surface area contributed by atoms with Crippen LogP contribution in [0.15, 0.2) is 47.6 Å². The molecule has 2 aromatic rings. The Morgan fingerprint density at radius 2 is 2.15 bits per heavy atom. The van der Waals surface area contributed by atoms with Crippen LogP contribution in [0.4, 0.5) is 5.69 Å². The van der Waals surface area contributed by atoms with Gasteiger partial charge in [0.05, 0.1) is 17.7 Å². The van der Waals surface area contributed by atoms with E-state index in [4.69, 9.17) is 10.5 Å². The van der Waals surface area contributed by atoms with Crippen LogP contribution in [0.25, 0.3) is 0 Å². The summed E-state index contributed by atoms with van der Waals surface area (Å²) < 4.78 is 31.7. The monoisotopic (exact) mass is 293 g/mol. The molecule has 0 saturated heterocycles. The third kappa shape index (κ3) is 3.25. The second-order valence-electron chi connectivity index (χ2n) is 4.09. The largest absolute Gasteiger partial charge is 0.495 e. The predicted octanol–water partition coefficient (Wildman–Crippen LogP) is 1.15. The number of ether oxygens (including phenoxy) is 1. The van der Waals surface area contributed by atoms with Gasteiger partial charge in [-0.3, -0.25) is 4.98 Å². The molecule has 0 bridgehead atoms. The summed E-state index contributed by atoms with van der Waals surface area (Å²) in [4.78, 5) is 4.02. The molecule has 0 amide bonds. The molecule has 1 aromatic carbocycles. The van der Waals surface area contributed by atoms with Crippen LogP contribution < -0.4 is 15.2 Å². The Kier molecular flexibility index (Phi) is 4.21. The van der Waals surface area contributed by atoms with Crippen molar-refractivity contribution in [1.82, 2.24) is 9.71 Å². The maximum Gasteiger partial charge on any atom is 0.240 e. The number of hydrogen-bond acceptors (Lipinski definition) is 5. The number of nitrogens with one attached hydrogen (secondary N) is 1. The lowest BCUT2D eigenvalue weighted by Gasteiger charge is -2.09. The maximum absolute atomic E-state index is 12.1. The van der Waals surface area contributed by atoms with Gasteiger partial charge in [0.25, 0.3) is 0 Å². The fourth-order valence-corrected chi connectivity index (χ4v) is 2.70. The minimum absolute atomic E-state index is 0.0969. The van der Waals surface area contributed by atoms with Crippen molar-refractivity contribution in [1.29, 1.82) is 0 Å². The number of nitrogens with two attached hydrogens (primary N) is 1. The molecule has 0 spiro atoms. The van der Waals surface area contributed by atoms with Crippen molar-refractivity contribution in [2.24, 2.45) is 0 Å². The first-order valence-electron chi connectivity index (χ1n) is 5.85. The average molecular weight is 293 g/mol. The van der Waals surface area contributed by atoms with Gasteiger partial charge in [-0.1, -0.05) is 6.07 Å². The highest BCUT2D eigenvalue weighted by Gasteiger charge is 2.15. The molecular formula is C13H15N3O3S. The molecule has 3 N–H and O–H groups in total. The summed E-state index contributed by atoms with van der Waals surface area (Å²) in [6.45, 7) is 0.169. The topological polar surface area (TPSA) is 94.3 Å². The summed E-state index contributed by atoms with van der Waals surface area (Å²) >= 11 is 0. The molecule has 7 heteroatoms. The van der Waals surface area contributed by atoms with Crippen LogP contribution >= 0.6 is 0 Å². The molecule has 2 rings (SSSR count). The van der Waals surface area contributed by atoms with Crippen LogP contribution in [-0.4, -0.2) is 20.5 Å². The highest BCUT2D eigenvalue weighted by Crippen LogP contribution is 2.24. The molecule has 20 heavy (non-hydrogen) atoms. The fourth-order valence-electron chi connectivity index (χ4n) is 1.64. The lowest BCUT2D eigenvalue weighted by atomic mass is 10.3. The number of hydrogen-bond donors (Lipinski definition) is 2. The van der Waals surface area contributed by atoms with Crippen LogP contribution in [0.2, 0.25) is 0 Å². The molecule has 0 radical (unpaired) electrons. The zero-order valence-electron chi connectivity index (χ0n) is 10.9. The first-order chi connectivity index (χ1) is 9.53. The molecule has 6 nitrogen and oxygen atoms in total. The molecule has 0 fully saturated rings. The van der Waals surface area contributed by atoms with Crippen LogP contribution in [0.5, 0.6) is 5.75 Å². The van der Waals surface area contributed by atoms with E-state index in [1.54, 1.807) is 24.5 Å². The van der Waals surface area contributed by atoms with Gasteiger partial charge in [-0.05, 0) is 29.8 Å². The van der Waals surface area contributed by atoms with Crippen LogP contribution in [-0.2, 0) is 16.6 Å². The number of pyridine rings is 1. The Labute approximate surface area is 117 Å². The third-order valence-corrected chi connectivity index (χ3v) is 4.10. The van der Waals surface area contributed by atoms with Crippen molar-refractivity contribution in [2.75, 3.05) is 12.8 Å². The zero-order valence-corrected chi connectivity index (χ0v) is 11.7. The van der Waals surface area contributed by atoms with Gasteiger partial charge in [-0.25, -0.2) is 13.1 Å². The SMILES string of the molecule is COc1ccc(S(=O)(=O)NCc2cccnc2)cc1N. The molecule has 0 saturated carbocycles. The quantitative estimate of drug-likeness (QED) is 0.806. The van der Waals surface area contributed by atoms with Gasteiger partial charge in [0.1, 0.15) is 5.75 Å². The van der Waals surface area contributed by atoms with Crippen molar-refractivity contribution < 1.29 is 13.2 Å². The number of methoxy groups -OCH3 is 1. The van der Waals surface area contributed by atoms with Crippen LogP contribution in [0.1, 0.15) is 5.56 Å². The van der Waals surface area contributed by atoms with E-state index in [1.807, 2.05) is 0 Å². The molecule has 0 unspecified atom stereocenters. The lowest BCUT2D eigenvalue weighted by molar-refractivity contribution is 0.416. The summed E-state index contributed by atoms with van der Waals surface area (Å²) in [7, 11) is -2.15. The van der Waals surface area contributed by atoms with Crippen molar-refractivity contribution >= 4 is 15.7 Å². The fraction of sp³-hybridized carbons (Fsp3) is 0.154. The van der Waals surface area contributed by atoms with Gasteiger partial charge in [0, 0.05) is 18.9 Å². The number of sulfonamides is 1. The number of nitrogen functional groups attached to an aromatic ring is 1. The highest BCUT2D eigenvalue weighted by atomic mass is 32.2. The van der Waals surface area contributed by atoms with Gasteiger partial charge < -0.3 is 10.5 Å². The number of rotatable bonds is 5. The minimum Gasteiger partial charge on any atom is -0.495 e. The summed E-state index contributed by atoms with van der Waals surface area (Å²) in [5.74, 6) is 0.441. The average Bonchev–Trinajstić information content (AvgIpc) is 2.46. The minimum atomic E-state index is -3.62. The second-order valence-corrected chi connectivity index (χ2v) is 5.86. The molecule has 0 aliphatic carbocycles. The van der Waals surface area contributed by atoms with Crippen LogP contribution in [0.3, 0.4) is 0 Å². The standard InChI is InChI=1S/C13H15N3O3S/c1-19-13-5-4-11(7-12(13)14)20(17,18)16-9-10-3-2-6-15-8-10/h2-8,16H,9,14H2,1H3. The van der Waals surface area contributed by atoms with Gasteiger partial charge in [-0.2, -0.15) is 0 Å². The molecular weight excluding hydrogens is 278 g/mol. The molecule has 0 aliphatic rings. The highest BCUT2D eigenvalue weighted by molar-refractivity contribution is 7.89. The summed E-state index contributed by atoms with van der Waals surface area (Å²) in [6, 6.07) is 7.87. The van der Waals surface area contributed by atoms with E-state index in [0.29, 0.717) is 5.75 Å². The molecule has 1 heterocycles. The predicted molar refractivity (Wildman–Crippen MR) is 75.7 cm³/mol. The number of anilines is 1. The van der Waals surface area contributed by atoms with E-state index in [1.165, 1.54) is 25.3 Å². The molecule has 0 atom stereocenters. The number of aromatic nitrogens is 1. The molecule has 1 aromatic heterocycles. The van der Waals surface area contributed by atoms with Crippen LogP contribution in [0, 0.1) is 0 Å². The Balaban J connectivity index is 2.16. The summed E-state index contributed by atoms with van der Waals surface area (Å²) in [6.07, 6.45) is 3.23. The van der Waals surface area contributed by atoms with Crippen molar-refractivity contribution in [3.8, 4) is 5.75 Å². The normalized spacial score (nSPS) is 11.2. The van der Waals surface area contributed by atoms with Gasteiger partial charge >= 0.3 is 0 Å². The first-order valence-corrected chi connectivity index (χ1v) is 7.33. The van der Waals surface area contributed by atoms with E-state index in [0.717, 1.165) is 5.56 Å². The van der Waals surface area contributed by atoms with Gasteiger partial charge in [0.15, 0.2) is 0 Å². The van der Waals surface area contributed by atoms with E-state index >= 15 is 0 Å². The summed E-state index contributed by atoms with van der Waals surface area (Å²) in [5.41, 5.74) is 6.76. The second kappa shape index (κ2) is 5.89. The first kappa shape index (κ1) is 14.3. The lowest BCUT2D eigenvalue weighted by Crippen LogP contribution is -2.23. The molecule has 0 aliphatic heterocycles. The third-order valence-electron chi connectivity index (χ3n) is 2.70.